The van der Waals surface area contributed by atoms with Crippen LogP contribution in [0, 0.1) is 5.82 Å². The molecule has 1 aromatic carbocycles. The van der Waals surface area contributed by atoms with E-state index in [0.29, 0.717) is 32.0 Å². The molecule has 116 valence electrons. The zero-order valence-electron chi connectivity index (χ0n) is 11.9. The summed E-state index contributed by atoms with van der Waals surface area (Å²) in [5.41, 5.74) is 0.804. The molecule has 1 fully saturated rings. The second-order valence-corrected chi connectivity index (χ2v) is 5.21. The van der Waals surface area contributed by atoms with Gasteiger partial charge in [0.1, 0.15) is 17.3 Å². The van der Waals surface area contributed by atoms with Gasteiger partial charge in [0, 0.05) is 18.7 Å². The van der Waals surface area contributed by atoms with Crippen molar-refractivity contribution in [2.45, 2.75) is 12.6 Å². The molecule has 2 heterocycles. The molecular weight excluding hydrogens is 289 g/mol. The Morgan fingerprint density at radius 1 is 1.27 bits per heavy atom. The highest BCUT2D eigenvalue weighted by Crippen LogP contribution is 2.23. The van der Waals surface area contributed by atoms with Crippen molar-refractivity contribution in [3.8, 4) is 11.3 Å². The second kappa shape index (κ2) is 6.29. The van der Waals surface area contributed by atoms with Gasteiger partial charge in [-0.15, -0.1) is 0 Å². The lowest BCUT2D eigenvalue weighted by Gasteiger charge is -2.29. The molecule has 0 saturated carbocycles. The minimum atomic E-state index is -0.948. The van der Waals surface area contributed by atoms with Crippen molar-refractivity contribution in [1.82, 2.24) is 4.90 Å². The number of morpholine rings is 1. The first-order chi connectivity index (χ1) is 10.6. The molecule has 1 aromatic heterocycles. The van der Waals surface area contributed by atoms with Crippen LogP contribution in [0.2, 0.25) is 0 Å². The molecule has 0 radical (unpaired) electrons. The summed E-state index contributed by atoms with van der Waals surface area (Å²) in [4.78, 5) is 12.9. The van der Waals surface area contributed by atoms with E-state index in [1.165, 1.54) is 12.1 Å². The molecule has 1 saturated heterocycles. The quantitative estimate of drug-likeness (QED) is 0.939. The van der Waals surface area contributed by atoms with E-state index in [4.69, 9.17) is 14.3 Å². The van der Waals surface area contributed by atoms with E-state index in [1.54, 1.807) is 12.1 Å². The molecule has 0 amide bonds. The Bertz CT molecular complexity index is 652. The van der Waals surface area contributed by atoms with Crippen molar-refractivity contribution >= 4 is 5.97 Å². The van der Waals surface area contributed by atoms with Crippen molar-refractivity contribution in [1.29, 1.82) is 0 Å². The van der Waals surface area contributed by atoms with Gasteiger partial charge in [-0.25, -0.2) is 9.18 Å². The maximum atomic E-state index is 12.9. The Morgan fingerprint density at radius 3 is 2.77 bits per heavy atom. The number of carboxylic acids is 1. The van der Waals surface area contributed by atoms with Crippen LogP contribution in [0.3, 0.4) is 0 Å². The summed E-state index contributed by atoms with van der Waals surface area (Å²) in [6, 6.07) is 9.77. The van der Waals surface area contributed by atoms with E-state index >= 15 is 0 Å². The van der Waals surface area contributed by atoms with Crippen LogP contribution in [0.15, 0.2) is 40.8 Å². The highest BCUT2D eigenvalue weighted by Gasteiger charge is 2.26. The average Bonchev–Trinajstić information content (AvgIpc) is 2.96. The van der Waals surface area contributed by atoms with E-state index in [9.17, 15) is 9.18 Å². The molecule has 0 bridgehead atoms. The monoisotopic (exact) mass is 305 g/mol. The van der Waals surface area contributed by atoms with Crippen LogP contribution in [0.1, 0.15) is 5.76 Å². The maximum Gasteiger partial charge on any atom is 0.334 e. The summed E-state index contributed by atoms with van der Waals surface area (Å²) in [7, 11) is 0. The summed E-state index contributed by atoms with van der Waals surface area (Å²) in [6.07, 6.45) is -0.791. The van der Waals surface area contributed by atoms with Crippen LogP contribution in [0.5, 0.6) is 0 Å². The number of carbonyl (C=O) groups is 1. The smallest absolute Gasteiger partial charge is 0.334 e. The van der Waals surface area contributed by atoms with E-state index in [-0.39, 0.29) is 5.82 Å². The third-order valence-electron chi connectivity index (χ3n) is 3.60. The molecule has 22 heavy (non-hydrogen) atoms. The number of hydrogen-bond acceptors (Lipinski definition) is 4. The first kappa shape index (κ1) is 14.7. The highest BCUT2D eigenvalue weighted by molar-refractivity contribution is 5.72. The number of halogens is 1. The van der Waals surface area contributed by atoms with Gasteiger partial charge in [0.25, 0.3) is 0 Å². The molecule has 3 rings (SSSR count). The van der Waals surface area contributed by atoms with Crippen LogP contribution < -0.4 is 0 Å². The Hall–Kier alpha value is -2.18. The van der Waals surface area contributed by atoms with Crippen LogP contribution in [0.25, 0.3) is 11.3 Å². The Kier molecular flexibility index (Phi) is 4.22. The Morgan fingerprint density at radius 2 is 2.05 bits per heavy atom. The van der Waals surface area contributed by atoms with Crippen molar-refractivity contribution < 1.29 is 23.4 Å². The van der Waals surface area contributed by atoms with E-state index in [2.05, 4.69) is 0 Å². The van der Waals surface area contributed by atoms with E-state index < -0.39 is 12.1 Å². The second-order valence-electron chi connectivity index (χ2n) is 5.21. The number of aliphatic carboxylic acids is 1. The van der Waals surface area contributed by atoms with Crippen molar-refractivity contribution in [2.75, 3.05) is 19.7 Å². The average molecular weight is 305 g/mol. The number of furan rings is 1. The number of hydrogen-bond donors (Lipinski definition) is 1. The van der Waals surface area contributed by atoms with Crippen LogP contribution in [-0.4, -0.2) is 41.8 Å². The van der Waals surface area contributed by atoms with Gasteiger partial charge in [0.15, 0.2) is 6.10 Å². The fourth-order valence-corrected chi connectivity index (χ4v) is 2.45. The predicted octanol–water partition coefficient (Wildman–Crippen LogP) is 2.37. The minimum absolute atomic E-state index is 0.288. The fraction of sp³-hybridized carbons (Fsp3) is 0.312. The molecule has 1 aliphatic rings. The van der Waals surface area contributed by atoms with Gasteiger partial charge in [-0.1, -0.05) is 0 Å². The van der Waals surface area contributed by atoms with Crippen molar-refractivity contribution in [3.63, 3.8) is 0 Å². The van der Waals surface area contributed by atoms with E-state index in [1.807, 2.05) is 17.0 Å². The summed E-state index contributed by atoms with van der Waals surface area (Å²) in [5.74, 6) is 0.170. The summed E-state index contributed by atoms with van der Waals surface area (Å²) < 4.78 is 23.9. The maximum absolute atomic E-state index is 12.9. The fourth-order valence-electron chi connectivity index (χ4n) is 2.45. The van der Waals surface area contributed by atoms with Gasteiger partial charge in [-0.2, -0.15) is 0 Å². The number of ether oxygens (including phenoxy) is 1. The van der Waals surface area contributed by atoms with Crippen LogP contribution in [-0.2, 0) is 16.1 Å². The molecule has 0 spiro atoms. The standard InChI is InChI=1S/C16H16FNO4/c17-12-3-1-11(2-4-12)14-6-5-13(22-14)9-18-7-8-21-15(10-18)16(19)20/h1-6,15H,7-10H2,(H,19,20). The number of carboxylic acid groups (broad SMARTS) is 1. The molecule has 1 N–H and O–H groups in total. The number of rotatable bonds is 4. The molecule has 1 aliphatic heterocycles. The summed E-state index contributed by atoms with van der Waals surface area (Å²) in [6.45, 7) is 1.91. The first-order valence-electron chi connectivity index (χ1n) is 7.03. The summed E-state index contributed by atoms with van der Waals surface area (Å²) in [5, 5.41) is 8.99. The zero-order valence-corrected chi connectivity index (χ0v) is 11.9. The molecule has 5 nitrogen and oxygen atoms in total. The van der Waals surface area contributed by atoms with Crippen LogP contribution in [0.4, 0.5) is 4.39 Å². The third-order valence-corrected chi connectivity index (χ3v) is 3.60. The zero-order chi connectivity index (χ0) is 15.5. The molecule has 0 aliphatic carbocycles. The largest absolute Gasteiger partial charge is 0.479 e. The van der Waals surface area contributed by atoms with Gasteiger partial charge in [-0.3, -0.25) is 4.90 Å². The van der Waals surface area contributed by atoms with Gasteiger partial charge in [0.2, 0.25) is 0 Å². The highest BCUT2D eigenvalue weighted by atomic mass is 19.1. The normalized spacial score (nSPS) is 19.2. The Labute approximate surface area is 126 Å². The SMILES string of the molecule is O=C(O)C1CN(Cc2ccc(-c3ccc(F)cc3)o2)CCO1. The number of benzene rings is 1. The van der Waals surface area contributed by atoms with Crippen molar-refractivity contribution in [2.24, 2.45) is 0 Å². The molecular formula is C16H16FNO4. The lowest BCUT2D eigenvalue weighted by Crippen LogP contribution is -2.45. The predicted molar refractivity (Wildman–Crippen MR) is 76.8 cm³/mol. The number of nitrogens with zero attached hydrogens (tertiary/aromatic N) is 1. The summed E-state index contributed by atoms with van der Waals surface area (Å²) >= 11 is 0. The first-order valence-corrected chi connectivity index (χ1v) is 7.03. The lowest BCUT2D eigenvalue weighted by molar-refractivity contribution is -0.156. The Balaban J connectivity index is 1.66. The van der Waals surface area contributed by atoms with Gasteiger partial charge >= 0.3 is 5.97 Å². The van der Waals surface area contributed by atoms with E-state index in [0.717, 1.165) is 11.3 Å². The molecule has 1 unspecified atom stereocenters. The van der Waals surface area contributed by atoms with Crippen LogP contribution >= 0.6 is 0 Å². The lowest BCUT2D eigenvalue weighted by atomic mass is 10.2. The molecule has 1 atom stereocenters. The molecule has 2 aromatic rings. The third kappa shape index (κ3) is 3.35. The minimum Gasteiger partial charge on any atom is -0.479 e. The van der Waals surface area contributed by atoms with Gasteiger partial charge < -0.3 is 14.3 Å². The van der Waals surface area contributed by atoms with Gasteiger partial charge in [0.05, 0.1) is 13.2 Å². The topological polar surface area (TPSA) is 62.9 Å². The van der Waals surface area contributed by atoms with Crippen molar-refractivity contribution in [3.05, 3.63) is 48.0 Å². The van der Waals surface area contributed by atoms with Gasteiger partial charge in [-0.05, 0) is 36.4 Å². The molecule has 6 heteroatoms.